The summed E-state index contributed by atoms with van der Waals surface area (Å²) in [5, 5.41) is 5.69. The lowest BCUT2D eigenvalue weighted by Crippen LogP contribution is -2.44. The molecule has 0 aromatic carbocycles. The van der Waals surface area contributed by atoms with Crippen molar-refractivity contribution in [2.75, 3.05) is 6.54 Å². The molecule has 1 aliphatic carbocycles. The number of hydrogen-bond acceptors (Lipinski definition) is 4. The maximum Gasteiger partial charge on any atom is 0.407 e. The lowest BCUT2D eigenvalue weighted by Gasteiger charge is -2.20. The van der Waals surface area contributed by atoms with Gasteiger partial charge in [-0.1, -0.05) is 23.8 Å². The lowest BCUT2D eigenvalue weighted by atomic mass is 10.0. The van der Waals surface area contributed by atoms with Gasteiger partial charge in [0.05, 0.1) is 6.04 Å². The number of unbranched alkanes of at least 4 members (excludes halogenated alkanes) is 1. The van der Waals surface area contributed by atoms with Crippen LogP contribution in [0.5, 0.6) is 0 Å². The molecule has 1 rings (SSSR count). The van der Waals surface area contributed by atoms with E-state index < -0.39 is 17.7 Å². The largest absolute Gasteiger partial charge is 0.444 e. The van der Waals surface area contributed by atoms with Crippen LogP contribution in [0.25, 0.3) is 0 Å². The molecular weight excluding hydrogens is 330 g/mol. The van der Waals surface area contributed by atoms with Crippen LogP contribution in [0, 0.1) is 0 Å². The van der Waals surface area contributed by atoms with E-state index >= 15 is 0 Å². The molecule has 0 fully saturated rings. The Labute approximate surface area is 157 Å². The maximum absolute atomic E-state index is 12.2. The molecule has 2 atom stereocenters. The van der Waals surface area contributed by atoms with E-state index in [0.717, 1.165) is 32.1 Å². The average molecular weight is 366 g/mol. The number of amides is 2. The molecule has 2 unspecified atom stereocenters. The van der Waals surface area contributed by atoms with Crippen LogP contribution in [0.3, 0.4) is 0 Å². The van der Waals surface area contributed by atoms with Crippen LogP contribution in [0.1, 0.15) is 66.2 Å². The first-order valence-corrected chi connectivity index (χ1v) is 9.56. The van der Waals surface area contributed by atoms with Crippen molar-refractivity contribution in [1.82, 2.24) is 10.6 Å². The van der Waals surface area contributed by atoms with Crippen LogP contribution < -0.4 is 16.4 Å². The fourth-order valence-electron chi connectivity index (χ4n) is 2.70. The van der Waals surface area contributed by atoms with Crippen LogP contribution in [-0.4, -0.2) is 36.2 Å². The van der Waals surface area contributed by atoms with Gasteiger partial charge in [0, 0.05) is 12.6 Å². The van der Waals surface area contributed by atoms with E-state index in [1.54, 1.807) is 0 Å². The van der Waals surface area contributed by atoms with Crippen LogP contribution in [-0.2, 0) is 9.53 Å². The first kappa shape index (κ1) is 22.2. The molecule has 0 saturated heterocycles. The van der Waals surface area contributed by atoms with Gasteiger partial charge < -0.3 is 21.1 Å². The summed E-state index contributed by atoms with van der Waals surface area (Å²) in [4.78, 5) is 23.7. The number of nitrogens with one attached hydrogen (secondary N) is 2. The van der Waals surface area contributed by atoms with Crippen LogP contribution in [0.4, 0.5) is 4.79 Å². The molecule has 0 heterocycles. The molecule has 6 nitrogen and oxygen atoms in total. The van der Waals surface area contributed by atoms with Crippen molar-refractivity contribution >= 4 is 12.0 Å². The Kier molecular flexibility index (Phi) is 9.41. The normalized spacial score (nSPS) is 16.4. The second-order valence-electron chi connectivity index (χ2n) is 7.90. The molecule has 0 spiro atoms. The molecule has 0 bridgehead atoms. The van der Waals surface area contributed by atoms with E-state index in [1.165, 1.54) is 5.57 Å². The highest BCUT2D eigenvalue weighted by molar-refractivity contribution is 5.81. The molecule has 0 aliphatic heterocycles. The smallest absolute Gasteiger partial charge is 0.407 e. The second kappa shape index (κ2) is 11.0. The summed E-state index contributed by atoms with van der Waals surface area (Å²) in [6.07, 6.45) is 11.2. The quantitative estimate of drug-likeness (QED) is 0.547. The van der Waals surface area contributed by atoms with Crippen molar-refractivity contribution in [2.45, 2.75) is 83.9 Å². The van der Waals surface area contributed by atoms with Gasteiger partial charge in [0.15, 0.2) is 0 Å². The third-order valence-electron chi connectivity index (χ3n) is 3.95. The topological polar surface area (TPSA) is 93.5 Å². The number of hydrogen-bond donors (Lipinski definition) is 3. The predicted molar refractivity (Wildman–Crippen MR) is 105 cm³/mol. The Hall–Kier alpha value is -1.82. The summed E-state index contributed by atoms with van der Waals surface area (Å²) in [6, 6.07) is -0.453. The summed E-state index contributed by atoms with van der Waals surface area (Å²) < 4.78 is 5.16. The van der Waals surface area contributed by atoms with Crippen molar-refractivity contribution in [3.8, 4) is 0 Å². The van der Waals surface area contributed by atoms with E-state index in [4.69, 9.17) is 10.5 Å². The Morgan fingerprint density at radius 3 is 2.62 bits per heavy atom. The van der Waals surface area contributed by atoms with E-state index in [9.17, 15) is 9.59 Å². The molecule has 0 aromatic heterocycles. The molecule has 0 radical (unpaired) electrons. The molecule has 0 saturated carbocycles. The number of ether oxygens (including phenoxy) is 1. The van der Waals surface area contributed by atoms with Crippen LogP contribution in [0.2, 0.25) is 0 Å². The monoisotopic (exact) mass is 365 g/mol. The van der Waals surface area contributed by atoms with E-state index in [2.05, 4.69) is 28.9 Å². The highest BCUT2D eigenvalue weighted by Gasteiger charge is 2.17. The molecule has 148 valence electrons. The van der Waals surface area contributed by atoms with Gasteiger partial charge in [-0.2, -0.15) is 0 Å². The van der Waals surface area contributed by atoms with E-state index in [1.807, 2.05) is 27.7 Å². The second-order valence-corrected chi connectivity index (χ2v) is 7.90. The lowest BCUT2D eigenvalue weighted by molar-refractivity contribution is -0.123. The van der Waals surface area contributed by atoms with E-state index in [0.29, 0.717) is 13.0 Å². The number of rotatable bonds is 9. The minimum Gasteiger partial charge on any atom is -0.444 e. The van der Waals surface area contributed by atoms with Crippen molar-refractivity contribution in [1.29, 1.82) is 0 Å². The van der Waals surface area contributed by atoms with Crippen molar-refractivity contribution < 1.29 is 14.3 Å². The van der Waals surface area contributed by atoms with Crippen molar-refractivity contribution in [3.63, 3.8) is 0 Å². The van der Waals surface area contributed by atoms with Crippen LogP contribution in [0.15, 0.2) is 23.8 Å². The SMILES string of the molecule is CC(CC1=CCCC=C1)NC(=O)C(N)CCCCNC(=O)OC(C)(C)C. The highest BCUT2D eigenvalue weighted by Crippen LogP contribution is 2.15. The summed E-state index contributed by atoms with van der Waals surface area (Å²) in [5.74, 6) is -0.113. The van der Waals surface area contributed by atoms with Gasteiger partial charge in [0.1, 0.15) is 5.60 Å². The maximum atomic E-state index is 12.2. The summed E-state index contributed by atoms with van der Waals surface area (Å²) in [7, 11) is 0. The van der Waals surface area contributed by atoms with Crippen LogP contribution >= 0.6 is 0 Å². The van der Waals surface area contributed by atoms with Gasteiger partial charge in [0.2, 0.25) is 5.91 Å². The van der Waals surface area contributed by atoms with E-state index in [-0.39, 0.29) is 11.9 Å². The Morgan fingerprint density at radius 1 is 1.27 bits per heavy atom. The first-order valence-electron chi connectivity index (χ1n) is 9.56. The molecule has 26 heavy (non-hydrogen) atoms. The fraction of sp³-hybridized carbons (Fsp3) is 0.700. The van der Waals surface area contributed by atoms with Gasteiger partial charge >= 0.3 is 6.09 Å². The molecule has 6 heteroatoms. The van der Waals surface area contributed by atoms with Gasteiger partial charge in [-0.3, -0.25) is 4.79 Å². The number of carbonyl (C=O) groups excluding carboxylic acids is 2. The minimum atomic E-state index is -0.519. The number of allylic oxidation sites excluding steroid dienone is 3. The average Bonchev–Trinajstić information content (AvgIpc) is 2.53. The van der Waals surface area contributed by atoms with Gasteiger partial charge in [-0.15, -0.1) is 0 Å². The Morgan fingerprint density at radius 2 is 2.00 bits per heavy atom. The predicted octanol–water partition coefficient (Wildman–Crippen LogP) is 3.18. The zero-order valence-corrected chi connectivity index (χ0v) is 16.6. The number of alkyl carbamates (subject to hydrolysis) is 1. The molecule has 2 amide bonds. The van der Waals surface area contributed by atoms with Crippen molar-refractivity contribution in [3.05, 3.63) is 23.8 Å². The first-order chi connectivity index (χ1) is 12.2. The number of carbonyl (C=O) groups is 2. The molecule has 0 aromatic rings. The van der Waals surface area contributed by atoms with Gasteiger partial charge in [0.25, 0.3) is 0 Å². The molecule has 1 aliphatic rings. The summed E-state index contributed by atoms with van der Waals surface area (Å²) in [5.41, 5.74) is 6.75. The molecular formula is C20H35N3O3. The minimum absolute atomic E-state index is 0.0661. The standard InChI is InChI=1S/C20H35N3O3/c1-15(14-16-10-6-5-7-11-16)23-18(24)17(21)12-8-9-13-22-19(25)26-20(2,3)4/h6,10-11,15,17H,5,7-9,12-14,21H2,1-4H3,(H,22,25)(H,23,24). The Bertz CT molecular complexity index is 521. The highest BCUT2D eigenvalue weighted by atomic mass is 16.6. The summed E-state index contributed by atoms with van der Waals surface area (Å²) in [6.45, 7) is 7.99. The zero-order valence-electron chi connectivity index (χ0n) is 16.6. The van der Waals surface area contributed by atoms with Gasteiger partial charge in [-0.05, 0) is 66.2 Å². The Balaban J connectivity index is 2.15. The van der Waals surface area contributed by atoms with Gasteiger partial charge in [-0.25, -0.2) is 4.79 Å². The number of nitrogens with two attached hydrogens (primary N) is 1. The third kappa shape index (κ3) is 10.2. The third-order valence-corrected chi connectivity index (χ3v) is 3.95. The zero-order chi connectivity index (χ0) is 19.6. The summed E-state index contributed by atoms with van der Waals surface area (Å²) >= 11 is 0. The molecule has 4 N–H and O–H groups in total. The fourth-order valence-corrected chi connectivity index (χ4v) is 2.70. The van der Waals surface area contributed by atoms with Crippen molar-refractivity contribution in [2.24, 2.45) is 5.73 Å².